The summed E-state index contributed by atoms with van der Waals surface area (Å²) in [5.41, 5.74) is -0.00590. The summed E-state index contributed by atoms with van der Waals surface area (Å²) in [6.45, 7) is 2.20. The molecule has 0 atom stereocenters. The standard InChI is InChI=1S/C17H21ClN4O3S/c1-2-3-4-5-6-7-8-15-20-21-17(26-15)19-16(23)13-10-9-12(22(24)25)11-14(13)18/h9-11H,2-8H2,1H3,(H,19,21,23). The fourth-order valence-corrected chi connectivity index (χ4v) is 3.47. The summed E-state index contributed by atoms with van der Waals surface area (Å²) in [6.07, 6.45) is 8.08. The van der Waals surface area contributed by atoms with E-state index in [1.807, 2.05) is 0 Å². The third-order valence-corrected chi connectivity index (χ3v) is 5.05. The van der Waals surface area contributed by atoms with Crippen molar-refractivity contribution in [3.63, 3.8) is 0 Å². The Morgan fingerprint density at radius 2 is 1.96 bits per heavy atom. The van der Waals surface area contributed by atoms with Gasteiger partial charge in [0.05, 0.1) is 15.5 Å². The van der Waals surface area contributed by atoms with Crippen molar-refractivity contribution < 1.29 is 9.72 Å². The number of hydrogen-bond donors (Lipinski definition) is 1. The van der Waals surface area contributed by atoms with Gasteiger partial charge in [0.2, 0.25) is 5.13 Å². The Labute approximate surface area is 160 Å². The number of halogens is 1. The number of aromatic nitrogens is 2. The number of amides is 1. The molecule has 0 saturated heterocycles. The van der Waals surface area contributed by atoms with Gasteiger partial charge in [-0.1, -0.05) is 62.0 Å². The van der Waals surface area contributed by atoms with Gasteiger partial charge in [-0.3, -0.25) is 20.2 Å². The molecule has 0 aliphatic rings. The SMILES string of the molecule is CCCCCCCCc1nnc(NC(=O)c2ccc([N+](=O)[O-])cc2Cl)s1. The number of carbonyl (C=O) groups excluding carboxylic acids is 1. The molecule has 0 saturated carbocycles. The van der Waals surface area contributed by atoms with Crippen LogP contribution in [0.5, 0.6) is 0 Å². The number of non-ortho nitro benzene ring substituents is 1. The lowest BCUT2D eigenvalue weighted by Crippen LogP contribution is -2.12. The molecule has 0 spiro atoms. The molecular formula is C17H21ClN4O3S. The zero-order valence-corrected chi connectivity index (χ0v) is 16.1. The van der Waals surface area contributed by atoms with Crippen LogP contribution in [0.3, 0.4) is 0 Å². The number of nitro groups is 1. The maximum atomic E-state index is 12.3. The van der Waals surface area contributed by atoms with Gasteiger partial charge in [0.15, 0.2) is 0 Å². The summed E-state index contributed by atoms with van der Waals surface area (Å²) in [5, 5.41) is 22.7. The number of rotatable bonds is 10. The third kappa shape index (κ3) is 6.03. The highest BCUT2D eigenvalue weighted by molar-refractivity contribution is 7.15. The van der Waals surface area contributed by atoms with Gasteiger partial charge in [-0.2, -0.15) is 0 Å². The Bertz CT molecular complexity index is 766. The number of nitro benzene ring substituents is 1. The van der Waals surface area contributed by atoms with E-state index in [-0.39, 0.29) is 16.3 Å². The van der Waals surface area contributed by atoms with Crippen molar-refractivity contribution in [2.45, 2.75) is 51.9 Å². The smallest absolute Gasteiger partial charge is 0.270 e. The average Bonchev–Trinajstić information content (AvgIpc) is 3.05. The van der Waals surface area contributed by atoms with E-state index in [1.54, 1.807) is 0 Å². The van der Waals surface area contributed by atoms with Crippen molar-refractivity contribution in [1.29, 1.82) is 0 Å². The summed E-state index contributed by atoms with van der Waals surface area (Å²) in [4.78, 5) is 22.4. The van der Waals surface area contributed by atoms with Crippen LogP contribution >= 0.6 is 22.9 Å². The predicted molar refractivity (Wildman–Crippen MR) is 103 cm³/mol. The van der Waals surface area contributed by atoms with E-state index in [1.165, 1.54) is 55.6 Å². The van der Waals surface area contributed by atoms with Crippen LogP contribution in [-0.2, 0) is 6.42 Å². The number of aryl methyl sites for hydroxylation is 1. The van der Waals surface area contributed by atoms with Crippen LogP contribution in [0.4, 0.5) is 10.8 Å². The van der Waals surface area contributed by atoms with E-state index in [0.29, 0.717) is 5.13 Å². The van der Waals surface area contributed by atoms with Crippen molar-refractivity contribution >= 4 is 39.7 Å². The van der Waals surface area contributed by atoms with Crippen LogP contribution < -0.4 is 5.32 Å². The van der Waals surface area contributed by atoms with Crippen LogP contribution in [0.2, 0.25) is 5.02 Å². The Balaban J connectivity index is 1.86. The number of hydrogen-bond acceptors (Lipinski definition) is 6. The molecule has 1 N–H and O–H groups in total. The molecule has 2 rings (SSSR count). The van der Waals surface area contributed by atoms with E-state index in [2.05, 4.69) is 22.4 Å². The minimum atomic E-state index is -0.563. The van der Waals surface area contributed by atoms with Crippen molar-refractivity contribution in [2.75, 3.05) is 5.32 Å². The Hall–Kier alpha value is -2.06. The highest BCUT2D eigenvalue weighted by atomic mass is 35.5. The number of anilines is 1. The lowest BCUT2D eigenvalue weighted by molar-refractivity contribution is -0.384. The zero-order valence-electron chi connectivity index (χ0n) is 14.5. The Kier molecular flexibility index (Phi) is 7.93. The second-order valence-corrected chi connectivity index (χ2v) is 7.36. The Morgan fingerprint density at radius 1 is 1.23 bits per heavy atom. The van der Waals surface area contributed by atoms with Gasteiger partial charge in [-0.25, -0.2) is 0 Å². The van der Waals surface area contributed by atoms with Crippen LogP contribution in [0.1, 0.15) is 60.8 Å². The summed E-state index contributed by atoms with van der Waals surface area (Å²) < 4.78 is 0. The summed E-state index contributed by atoms with van der Waals surface area (Å²) in [6, 6.07) is 3.72. The van der Waals surface area contributed by atoms with E-state index in [9.17, 15) is 14.9 Å². The third-order valence-electron chi connectivity index (χ3n) is 3.84. The first-order valence-corrected chi connectivity index (χ1v) is 9.78. The fourth-order valence-electron chi connectivity index (χ4n) is 2.43. The number of carbonyl (C=O) groups is 1. The van der Waals surface area contributed by atoms with Gasteiger partial charge >= 0.3 is 0 Å². The predicted octanol–water partition coefficient (Wildman–Crippen LogP) is 5.26. The molecule has 26 heavy (non-hydrogen) atoms. The first-order chi connectivity index (χ1) is 12.5. The molecule has 0 radical (unpaired) electrons. The van der Waals surface area contributed by atoms with Crippen molar-refractivity contribution in [3.8, 4) is 0 Å². The maximum Gasteiger partial charge on any atom is 0.270 e. The monoisotopic (exact) mass is 396 g/mol. The second kappa shape index (κ2) is 10.2. The molecule has 0 aliphatic carbocycles. The number of nitrogens with zero attached hydrogens (tertiary/aromatic N) is 3. The topological polar surface area (TPSA) is 98.0 Å². The first kappa shape index (κ1) is 20.3. The lowest BCUT2D eigenvalue weighted by Gasteiger charge is -2.03. The summed E-state index contributed by atoms with van der Waals surface area (Å²) >= 11 is 7.30. The largest absolute Gasteiger partial charge is 0.296 e. The van der Waals surface area contributed by atoms with Crippen LogP contribution in [0, 0.1) is 10.1 Å². The molecule has 1 aromatic heterocycles. The molecule has 0 unspecified atom stereocenters. The fraction of sp³-hybridized carbons (Fsp3) is 0.471. The average molecular weight is 397 g/mol. The van der Waals surface area contributed by atoms with Crippen LogP contribution in [0.15, 0.2) is 18.2 Å². The molecule has 0 fully saturated rings. The van der Waals surface area contributed by atoms with Crippen molar-refractivity contribution in [1.82, 2.24) is 10.2 Å². The van der Waals surface area contributed by atoms with Gasteiger partial charge < -0.3 is 0 Å². The number of nitrogens with one attached hydrogen (secondary N) is 1. The summed E-state index contributed by atoms with van der Waals surface area (Å²) in [7, 11) is 0. The molecule has 0 bridgehead atoms. The number of benzene rings is 1. The van der Waals surface area contributed by atoms with Gasteiger partial charge in [0, 0.05) is 18.6 Å². The van der Waals surface area contributed by atoms with E-state index < -0.39 is 10.8 Å². The highest BCUT2D eigenvalue weighted by Gasteiger charge is 2.16. The molecule has 1 heterocycles. The van der Waals surface area contributed by atoms with E-state index >= 15 is 0 Å². The molecule has 1 aromatic carbocycles. The second-order valence-electron chi connectivity index (χ2n) is 5.89. The van der Waals surface area contributed by atoms with Crippen LogP contribution in [-0.4, -0.2) is 21.0 Å². The first-order valence-electron chi connectivity index (χ1n) is 8.59. The van der Waals surface area contributed by atoms with E-state index in [0.717, 1.165) is 23.9 Å². The normalized spacial score (nSPS) is 10.7. The Morgan fingerprint density at radius 3 is 2.65 bits per heavy atom. The number of unbranched alkanes of at least 4 members (excludes halogenated alkanes) is 5. The molecule has 140 valence electrons. The quantitative estimate of drug-likeness (QED) is 0.335. The van der Waals surface area contributed by atoms with E-state index in [4.69, 9.17) is 11.6 Å². The molecule has 9 heteroatoms. The van der Waals surface area contributed by atoms with Gasteiger partial charge in [-0.15, -0.1) is 10.2 Å². The lowest BCUT2D eigenvalue weighted by atomic mass is 10.1. The zero-order chi connectivity index (χ0) is 18.9. The van der Waals surface area contributed by atoms with Gasteiger partial charge in [-0.05, 0) is 12.5 Å². The molecule has 1 amide bonds. The van der Waals surface area contributed by atoms with Gasteiger partial charge in [0.1, 0.15) is 5.01 Å². The minimum Gasteiger partial charge on any atom is -0.296 e. The molecule has 2 aromatic rings. The molecule has 7 nitrogen and oxygen atoms in total. The maximum absolute atomic E-state index is 12.3. The van der Waals surface area contributed by atoms with Crippen molar-refractivity contribution in [3.05, 3.63) is 43.9 Å². The minimum absolute atomic E-state index is 0.0218. The highest BCUT2D eigenvalue weighted by Crippen LogP contribution is 2.24. The van der Waals surface area contributed by atoms with Gasteiger partial charge in [0.25, 0.3) is 11.6 Å². The van der Waals surface area contributed by atoms with Crippen molar-refractivity contribution in [2.24, 2.45) is 0 Å². The van der Waals surface area contributed by atoms with Crippen LogP contribution in [0.25, 0.3) is 0 Å². The summed E-state index contributed by atoms with van der Waals surface area (Å²) in [5.74, 6) is -0.466. The molecular weight excluding hydrogens is 376 g/mol. The molecule has 0 aliphatic heterocycles.